The van der Waals surface area contributed by atoms with Crippen molar-refractivity contribution in [1.29, 1.82) is 0 Å². The van der Waals surface area contributed by atoms with E-state index in [1.807, 2.05) is 30.3 Å². The van der Waals surface area contributed by atoms with E-state index < -0.39 is 5.97 Å². The Balaban J connectivity index is 1.74. The Morgan fingerprint density at radius 3 is 2.43 bits per heavy atom. The van der Waals surface area contributed by atoms with Gasteiger partial charge in [0.2, 0.25) is 0 Å². The van der Waals surface area contributed by atoms with Crippen LogP contribution in [0, 0.1) is 5.92 Å². The number of hydrogen-bond donors (Lipinski definition) is 2. The molecule has 0 bridgehead atoms. The number of aromatic carboxylic acids is 1. The predicted octanol–water partition coefficient (Wildman–Crippen LogP) is 4.87. The lowest BCUT2D eigenvalue weighted by molar-refractivity contribution is 0.0697. The Morgan fingerprint density at radius 1 is 0.933 bits per heavy atom. The van der Waals surface area contributed by atoms with Gasteiger partial charge in [0.05, 0.1) is 31.5 Å². The Kier molecular flexibility index (Phi) is 4.39. The summed E-state index contributed by atoms with van der Waals surface area (Å²) in [6.45, 7) is 0. The lowest BCUT2D eigenvalue weighted by atomic mass is 9.74. The van der Waals surface area contributed by atoms with Crippen molar-refractivity contribution in [3.05, 3.63) is 88.5 Å². The fourth-order valence-electron chi connectivity index (χ4n) is 5.23. The average molecular weight is 401 g/mol. The molecule has 0 unspecified atom stereocenters. The smallest absolute Gasteiger partial charge is 0.337 e. The summed E-state index contributed by atoms with van der Waals surface area (Å²) in [5.41, 5.74) is 5.60. The summed E-state index contributed by atoms with van der Waals surface area (Å²) in [6, 6.07) is 19.8. The summed E-state index contributed by atoms with van der Waals surface area (Å²) >= 11 is 0. The predicted molar refractivity (Wildman–Crippen MR) is 115 cm³/mol. The third-order valence-electron chi connectivity index (χ3n) is 6.43. The van der Waals surface area contributed by atoms with Gasteiger partial charge in [-0.3, -0.25) is 0 Å². The molecule has 0 aromatic heterocycles. The van der Waals surface area contributed by atoms with Gasteiger partial charge in [-0.1, -0.05) is 48.5 Å². The second-order valence-electron chi connectivity index (χ2n) is 7.82. The zero-order valence-electron chi connectivity index (χ0n) is 16.9. The number of carboxylic acid groups (broad SMARTS) is 1. The number of para-hydroxylation sites is 2. The van der Waals surface area contributed by atoms with Crippen molar-refractivity contribution in [1.82, 2.24) is 0 Å². The molecule has 3 atom stereocenters. The minimum absolute atomic E-state index is 0.111. The van der Waals surface area contributed by atoms with Crippen LogP contribution in [0.25, 0.3) is 0 Å². The van der Waals surface area contributed by atoms with Crippen LogP contribution in [-0.2, 0) is 6.42 Å². The lowest BCUT2D eigenvalue weighted by Gasteiger charge is -2.39. The number of rotatable bonds is 4. The number of carboxylic acids is 1. The molecular formula is C25H23NO4. The Hall–Kier alpha value is -3.47. The molecule has 0 spiro atoms. The third-order valence-corrected chi connectivity index (χ3v) is 6.43. The van der Waals surface area contributed by atoms with Crippen molar-refractivity contribution in [3.63, 3.8) is 0 Å². The van der Waals surface area contributed by atoms with E-state index in [9.17, 15) is 9.90 Å². The second kappa shape index (κ2) is 7.10. The van der Waals surface area contributed by atoms with Gasteiger partial charge in [-0.05, 0) is 41.2 Å². The van der Waals surface area contributed by atoms with E-state index in [1.165, 1.54) is 11.1 Å². The van der Waals surface area contributed by atoms with Crippen LogP contribution in [0.5, 0.6) is 11.5 Å². The van der Waals surface area contributed by atoms with Crippen molar-refractivity contribution in [2.75, 3.05) is 19.5 Å². The second-order valence-corrected chi connectivity index (χ2v) is 7.82. The molecule has 30 heavy (non-hydrogen) atoms. The van der Waals surface area contributed by atoms with Crippen LogP contribution in [0.3, 0.4) is 0 Å². The molecule has 0 fully saturated rings. The van der Waals surface area contributed by atoms with Crippen LogP contribution in [0.15, 0.2) is 60.7 Å². The Morgan fingerprint density at radius 2 is 1.67 bits per heavy atom. The number of fused-ring (bicyclic) bond motifs is 5. The van der Waals surface area contributed by atoms with Gasteiger partial charge < -0.3 is 19.9 Å². The SMILES string of the molecule is COc1cccc([C@@H]2Nc3c(C(=O)O)cccc3[C@@H]3c4ccccc4C[C@H]32)c1OC. The normalized spacial score (nSPS) is 21.1. The van der Waals surface area contributed by atoms with Crippen molar-refractivity contribution in [2.24, 2.45) is 5.92 Å². The molecule has 0 saturated carbocycles. The zero-order chi connectivity index (χ0) is 20.8. The molecule has 0 radical (unpaired) electrons. The fraction of sp³-hybridized carbons (Fsp3) is 0.240. The molecule has 3 aromatic rings. The Bertz CT molecular complexity index is 1140. The topological polar surface area (TPSA) is 67.8 Å². The molecule has 0 amide bonds. The van der Waals surface area contributed by atoms with E-state index in [-0.39, 0.29) is 17.9 Å². The maximum Gasteiger partial charge on any atom is 0.337 e. The number of benzene rings is 3. The van der Waals surface area contributed by atoms with Gasteiger partial charge in [0.25, 0.3) is 0 Å². The van der Waals surface area contributed by atoms with Crippen molar-refractivity contribution in [2.45, 2.75) is 18.4 Å². The van der Waals surface area contributed by atoms with Gasteiger partial charge in [-0.2, -0.15) is 0 Å². The maximum atomic E-state index is 12.0. The first-order valence-electron chi connectivity index (χ1n) is 10.1. The summed E-state index contributed by atoms with van der Waals surface area (Å²) in [6.07, 6.45) is 0.912. The maximum absolute atomic E-state index is 12.0. The molecule has 2 N–H and O–H groups in total. The average Bonchev–Trinajstić information content (AvgIpc) is 3.17. The van der Waals surface area contributed by atoms with Crippen LogP contribution >= 0.6 is 0 Å². The third kappa shape index (κ3) is 2.65. The highest BCUT2D eigenvalue weighted by atomic mass is 16.5. The van der Waals surface area contributed by atoms with E-state index >= 15 is 0 Å². The van der Waals surface area contributed by atoms with Crippen molar-refractivity contribution < 1.29 is 19.4 Å². The number of hydrogen-bond acceptors (Lipinski definition) is 4. The summed E-state index contributed by atoms with van der Waals surface area (Å²) in [5, 5.41) is 13.4. The minimum Gasteiger partial charge on any atom is -0.493 e. The molecule has 3 aromatic carbocycles. The lowest BCUT2D eigenvalue weighted by Crippen LogP contribution is -2.31. The molecule has 5 nitrogen and oxygen atoms in total. The van der Waals surface area contributed by atoms with E-state index in [1.54, 1.807) is 20.3 Å². The van der Waals surface area contributed by atoms with Gasteiger partial charge in [-0.15, -0.1) is 0 Å². The van der Waals surface area contributed by atoms with Gasteiger partial charge in [0.1, 0.15) is 0 Å². The number of ether oxygens (including phenoxy) is 2. The van der Waals surface area contributed by atoms with Crippen molar-refractivity contribution >= 4 is 11.7 Å². The van der Waals surface area contributed by atoms with Gasteiger partial charge in [0.15, 0.2) is 11.5 Å². The summed E-state index contributed by atoms with van der Waals surface area (Å²) in [4.78, 5) is 12.0. The molecule has 1 aliphatic heterocycles. The zero-order valence-corrected chi connectivity index (χ0v) is 16.9. The highest BCUT2D eigenvalue weighted by molar-refractivity contribution is 5.96. The number of anilines is 1. The van der Waals surface area contributed by atoms with E-state index in [4.69, 9.17) is 9.47 Å². The largest absolute Gasteiger partial charge is 0.493 e. The number of carbonyl (C=O) groups is 1. The quantitative estimate of drug-likeness (QED) is 0.653. The molecule has 152 valence electrons. The monoisotopic (exact) mass is 401 g/mol. The molecule has 5 heteroatoms. The van der Waals surface area contributed by atoms with E-state index in [0.717, 1.165) is 17.5 Å². The van der Waals surface area contributed by atoms with E-state index in [0.29, 0.717) is 22.7 Å². The Labute approximate surface area is 175 Å². The minimum atomic E-state index is -0.930. The van der Waals surface area contributed by atoms with Crippen LogP contribution in [0.4, 0.5) is 5.69 Å². The van der Waals surface area contributed by atoms with Crippen LogP contribution in [0.1, 0.15) is 44.6 Å². The first-order chi connectivity index (χ1) is 14.6. The van der Waals surface area contributed by atoms with Crippen LogP contribution < -0.4 is 14.8 Å². The van der Waals surface area contributed by atoms with Crippen molar-refractivity contribution in [3.8, 4) is 11.5 Å². The first-order valence-corrected chi connectivity index (χ1v) is 10.1. The first kappa shape index (κ1) is 18.6. The molecule has 5 rings (SSSR count). The standard InChI is InChI=1S/C25H23NO4/c1-29-20-12-6-10-17(24(20)30-2)23-19-13-14-7-3-4-8-15(14)21(19)16-9-5-11-18(25(27)28)22(16)26-23/h3-12,19,21,23,26H,13H2,1-2H3,(H,27,28)/t19-,21+,23+/m1/s1. The molecular weight excluding hydrogens is 378 g/mol. The highest BCUT2D eigenvalue weighted by Gasteiger charge is 2.45. The summed E-state index contributed by atoms with van der Waals surface area (Å²) in [7, 11) is 3.27. The molecule has 1 aliphatic carbocycles. The van der Waals surface area contributed by atoms with Gasteiger partial charge in [-0.25, -0.2) is 4.79 Å². The fourth-order valence-corrected chi connectivity index (χ4v) is 5.23. The van der Waals surface area contributed by atoms with Gasteiger partial charge in [0, 0.05) is 11.5 Å². The van der Waals surface area contributed by atoms with Gasteiger partial charge >= 0.3 is 5.97 Å². The number of methoxy groups -OCH3 is 2. The molecule has 1 heterocycles. The molecule has 2 aliphatic rings. The van der Waals surface area contributed by atoms with Crippen LogP contribution in [0.2, 0.25) is 0 Å². The van der Waals surface area contributed by atoms with Crippen LogP contribution in [-0.4, -0.2) is 25.3 Å². The summed E-state index contributed by atoms with van der Waals surface area (Å²) < 4.78 is 11.3. The van der Waals surface area contributed by atoms with E-state index in [2.05, 4.69) is 29.6 Å². The number of nitrogens with one attached hydrogen (secondary N) is 1. The summed E-state index contributed by atoms with van der Waals surface area (Å²) in [5.74, 6) is 0.780. The highest BCUT2D eigenvalue weighted by Crippen LogP contribution is 2.56. The molecule has 0 saturated heterocycles.